The number of hydrogen-bond donors (Lipinski definition) is 1. The fraction of sp³-hybridized carbons (Fsp3) is 0.387. The molecule has 3 aromatic carbocycles. The molecule has 1 unspecified atom stereocenters. The van der Waals surface area contributed by atoms with Gasteiger partial charge in [-0.25, -0.2) is 4.98 Å². The van der Waals surface area contributed by atoms with Crippen LogP contribution in [0.1, 0.15) is 51.2 Å². The molecule has 36 heavy (non-hydrogen) atoms. The van der Waals surface area contributed by atoms with Crippen molar-refractivity contribution in [2.45, 2.75) is 45.6 Å². The van der Waals surface area contributed by atoms with Gasteiger partial charge in [0.1, 0.15) is 0 Å². The number of fused-ring (bicyclic) bond motifs is 3. The Bertz CT molecular complexity index is 1280. The topological polar surface area (TPSA) is 54.8 Å². The van der Waals surface area contributed by atoms with Gasteiger partial charge in [-0.1, -0.05) is 63.1 Å². The highest BCUT2D eigenvalue weighted by molar-refractivity contribution is 6.09. The van der Waals surface area contributed by atoms with Crippen molar-refractivity contribution in [1.82, 2.24) is 9.88 Å². The van der Waals surface area contributed by atoms with E-state index >= 15 is 0 Å². The smallest absolute Gasteiger partial charge is 0.168 e. The molecule has 0 amide bonds. The number of nitrogens with zero attached hydrogens (tertiary/aromatic N) is 2. The second-order valence-electron chi connectivity index (χ2n) is 9.34. The molecule has 190 valence electrons. The van der Waals surface area contributed by atoms with Crippen molar-refractivity contribution in [2.75, 3.05) is 33.9 Å². The number of aliphatic hydroxyl groups excluding tert-OH is 1. The minimum Gasteiger partial charge on any atom is -0.493 e. The van der Waals surface area contributed by atoms with Gasteiger partial charge in [0.05, 0.1) is 31.5 Å². The summed E-state index contributed by atoms with van der Waals surface area (Å²) >= 11 is 0. The molecule has 4 rings (SSSR count). The van der Waals surface area contributed by atoms with Crippen LogP contribution in [0.2, 0.25) is 0 Å². The van der Waals surface area contributed by atoms with Crippen molar-refractivity contribution in [1.29, 1.82) is 0 Å². The Kier molecular flexibility index (Phi) is 8.79. The maximum Gasteiger partial charge on any atom is 0.168 e. The number of aliphatic hydroxyl groups is 1. The van der Waals surface area contributed by atoms with Crippen molar-refractivity contribution >= 4 is 21.7 Å². The van der Waals surface area contributed by atoms with Gasteiger partial charge in [0.25, 0.3) is 0 Å². The molecule has 0 aliphatic carbocycles. The molecule has 0 radical (unpaired) electrons. The van der Waals surface area contributed by atoms with Crippen molar-refractivity contribution in [3.63, 3.8) is 0 Å². The number of unbranched alkanes of at least 4 members (excludes halogenated alkanes) is 2. The van der Waals surface area contributed by atoms with Crippen molar-refractivity contribution in [3.8, 4) is 22.8 Å². The van der Waals surface area contributed by atoms with Gasteiger partial charge in [0.15, 0.2) is 11.5 Å². The number of methoxy groups -OCH3 is 2. The Morgan fingerprint density at radius 2 is 1.50 bits per heavy atom. The monoisotopic (exact) mass is 486 g/mol. The standard InChI is InChI=1S/C31H38N2O3/c1-5-7-18-33(19-8-6-2)21-28(34)26-20-27(22-12-10-9-11-13-22)32-30-23-16-17-29(35-3)31(36-4)25(23)15-14-24(26)30/h9-17,20,28,34H,5-8,18-19,21H2,1-4H3. The van der Waals surface area contributed by atoms with Gasteiger partial charge in [-0.2, -0.15) is 0 Å². The van der Waals surface area contributed by atoms with Crippen molar-refractivity contribution in [2.24, 2.45) is 0 Å². The molecular weight excluding hydrogens is 448 g/mol. The Morgan fingerprint density at radius 3 is 2.14 bits per heavy atom. The highest BCUT2D eigenvalue weighted by Crippen LogP contribution is 2.40. The average molecular weight is 487 g/mol. The number of hydrogen-bond acceptors (Lipinski definition) is 5. The summed E-state index contributed by atoms with van der Waals surface area (Å²) in [6, 6.07) is 20.3. The van der Waals surface area contributed by atoms with Crippen LogP contribution in [0.4, 0.5) is 0 Å². The molecule has 0 aliphatic heterocycles. The number of pyridine rings is 1. The molecule has 5 heteroatoms. The van der Waals surface area contributed by atoms with E-state index in [4.69, 9.17) is 14.5 Å². The molecule has 0 saturated carbocycles. The zero-order valence-corrected chi connectivity index (χ0v) is 22.0. The fourth-order valence-corrected chi connectivity index (χ4v) is 4.88. The minimum absolute atomic E-state index is 0.608. The van der Waals surface area contributed by atoms with E-state index in [1.807, 2.05) is 36.4 Å². The molecule has 0 spiro atoms. The summed E-state index contributed by atoms with van der Waals surface area (Å²) in [5.74, 6) is 1.38. The summed E-state index contributed by atoms with van der Waals surface area (Å²) in [4.78, 5) is 7.51. The van der Waals surface area contributed by atoms with Crippen LogP contribution >= 0.6 is 0 Å². The zero-order chi connectivity index (χ0) is 25.5. The molecule has 1 aromatic heterocycles. The summed E-state index contributed by atoms with van der Waals surface area (Å²) in [6.45, 7) is 7.04. The predicted octanol–water partition coefficient (Wildman–Crippen LogP) is 7.01. The third kappa shape index (κ3) is 5.48. The van der Waals surface area contributed by atoms with Crippen LogP contribution in [-0.4, -0.2) is 48.8 Å². The molecule has 1 atom stereocenters. The summed E-state index contributed by atoms with van der Waals surface area (Å²) in [7, 11) is 3.31. The third-order valence-electron chi connectivity index (χ3n) is 6.86. The summed E-state index contributed by atoms with van der Waals surface area (Å²) in [6.07, 6.45) is 3.94. The molecule has 5 nitrogen and oxygen atoms in total. The molecule has 0 bridgehead atoms. The van der Waals surface area contributed by atoms with Crippen LogP contribution in [0.15, 0.2) is 60.7 Å². The highest BCUT2D eigenvalue weighted by atomic mass is 16.5. The lowest BCUT2D eigenvalue weighted by Gasteiger charge is -2.26. The predicted molar refractivity (Wildman–Crippen MR) is 149 cm³/mol. The van der Waals surface area contributed by atoms with Crippen LogP contribution in [-0.2, 0) is 0 Å². The Hall–Kier alpha value is -3.15. The lowest BCUT2D eigenvalue weighted by atomic mass is 9.96. The van der Waals surface area contributed by atoms with Gasteiger partial charge in [0.2, 0.25) is 0 Å². The van der Waals surface area contributed by atoms with E-state index in [0.29, 0.717) is 18.0 Å². The van der Waals surface area contributed by atoms with Gasteiger partial charge in [-0.15, -0.1) is 0 Å². The number of aromatic nitrogens is 1. The largest absolute Gasteiger partial charge is 0.493 e. The SMILES string of the molecule is CCCCN(CCCC)CC(O)c1cc(-c2ccccc2)nc2c1ccc1c(OC)c(OC)ccc12. The Balaban J connectivity index is 1.88. The molecule has 0 aliphatic rings. The van der Waals surface area contributed by atoms with Gasteiger partial charge < -0.3 is 19.5 Å². The Labute approximate surface area is 214 Å². The summed E-state index contributed by atoms with van der Waals surface area (Å²) < 4.78 is 11.2. The number of ether oxygens (including phenoxy) is 2. The van der Waals surface area contributed by atoms with Gasteiger partial charge in [-0.05, 0) is 55.8 Å². The van der Waals surface area contributed by atoms with Gasteiger partial charge >= 0.3 is 0 Å². The van der Waals surface area contributed by atoms with Gasteiger partial charge in [0, 0.05) is 28.3 Å². The molecule has 1 heterocycles. The third-order valence-corrected chi connectivity index (χ3v) is 6.86. The maximum atomic E-state index is 11.6. The summed E-state index contributed by atoms with van der Waals surface area (Å²) in [5.41, 5.74) is 3.65. The van der Waals surface area contributed by atoms with E-state index < -0.39 is 6.10 Å². The van der Waals surface area contributed by atoms with Gasteiger partial charge in [-0.3, -0.25) is 0 Å². The molecule has 0 fully saturated rings. The minimum atomic E-state index is -0.621. The molecule has 1 N–H and O–H groups in total. The van der Waals surface area contributed by atoms with Crippen LogP contribution in [0.3, 0.4) is 0 Å². The van der Waals surface area contributed by atoms with E-state index in [9.17, 15) is 5.11 Å². The molecular formula is C31H38N2O3. The zero-order valence-electron chi connectivity index (χ0n) is 22.0. The quantitative estimate of drug-likeness (QED) is 0.218. The first-order valence-corrected chi connectivity index (χ1v) is 13.0. The average Bonchev–Trinajstić information content (AvgIpc) is 2.93. The van der Waals surface area contributed by atoms with Crippen LogP contribution in [0.25, 0.3) is 32.9 Å². The Morgan fingerprint density at radius 1 is 0.833 bits per heavy atom. The normalized spacial score (nSPS) is 12.4. The molecule has 0 saturated heterocycles. The first-order valence-electron chi connectivity index (χ1n) is 13.0. The fourth-order valence-electron chi connectivity index (χ4n) is 4.88. The van der Waals surface area contributed by atoms with E-state index in [1.54, 1.807) is 14.2 Å². The second-order valence-corrected chi connectivity index (χ2v) is 9.34. The van der Waals surface area contributed by atoms with Crippen LogP contribution in [0, 0.1) is 0 Å². The van der Waals surface area contributed by atoms with E-state index in [0.717, 1.165) is 77.3 Å². The van der Waals surface area contributed by atoms with E-state index in [2.05, 4.69) is 43.0 Å². The van der Waals surface area contributed by atoms with Crippen molar-refractivity contribution < 1.29 is 14.6 Å². The molecule has 4 aromatic rings. The van der Waals surface area contributed by atoms with Crippen molar-refractivity contribution in [3.05, 3.63) is 66.2 Å². The van der Waals surface area contributed by atoms with Crippen LogP contribution in [0.5, 0.6) is 11.5 Å². The number of rotatable bonds is 12. The first-order chi connectivity index (χ1) is 17.6. The maximum absolute atomic E-state index is 11.6. The number of benzene rings is 3. The van der Waals surface area contributed by atoms with E-state index in [1.165, 1.54) is 0 Å². The first kappa shape index (κ1) is 25.9. The second kappa shape index (κ2) is 12.2. The summed E-state index contributed by atoms with van der Waals surface area (Å²) in [5, 5.41) is 14.5. The lowest BCUT2D eigenvalue weighted by molar-refractivity contribution is 0.112. The lowest BCUT2D eigenvalue weighted by Crippen LogP contribution is -2.31. The van der Waals surface area contributed by atoms with Crippen LogP contribution < -0.4 is 9.47 Å². The highest BCUT2D eigenvalue weighted by Gasteiger charge is 2.20. The van der Waals surface area contributed by atoms with E-state index in [-0.39, 0.29) is 0 Å².